The molecule has 0 fully saturated rings. The maximum Gasteiger partial charge on any atom is 0.306 e. The van der Waals surface area contributed by atoms with Gasteiger partial charge in [-0.15, -0.1) is 0 Å². The summed E-state index contributed by atoms with van der Waals surface area (Å²) in [5.41, 5.74) is 0.452. The summed E-state index contributed by atoms with van der Waals surface area (Å²) in [6.45, 7) is 3.14. The Hall–Kier alpha value is -1.35. The number of halogens is 1. The largest absolute Gasteiger partial charge is 0.481 e. The first-order valence-corrected chi connectivity index (χ1v) is 5.34. The van der Waals surface area contributed by atoms with Gasteiger partial charge in [-0.3, -0.25) is 9.59 Å². The molecule has 0 spiro atoms. The lowest BCUT2D eigenvalue weighted by Crippen LogP contribution is -2.25. The van der Waals surface area contributed by atoms with Crippen LogP contribution in [-0.2, 0) is 4.79 Å². The molecular weight excluding hydrogens is 228 g/mol. The first-order chi connectivity index (χ1) is 7.43. The summed E-state index contributed by atoms with van der Waals surface area (Å²) in [6.07, 6.45) is 0. The van der Waals surface area contributed by atoms with Crippen molar-refractivity contribution in [1.29, 1.82) is 0 Å². The molecule has 16 heavy (non-hydrogen) atoms. The molecule has 0 saturated carbocycles. The monoisotopic (exact) mass is 240 g/mol. The Labute approximate surface area is 99.0 Å². The molecule has 0 bridgehead atoms. The molecule has 0 heterocycles. The third-order valence-electron chi connectivity index (χ3n) is 2.66. The van der Waals surface area contributed by atoms with Gasteiger partial charge >= 0.3 is 5.97 Å². The molecule has 2 atom stereocenters. The van der Waals surface area contributed by atoms with Crippen LogP contribution in [0.4, 0.5) is 0 Å². The van der Waals surface area contributed by atoms with Crippen LogP contribution < -0.4 is 0 Å². The number of aliphatic carboxylic acids is 1. The van der Waals surface area contributed by atoms with Gasteiger partial charge in [0.1, 0.15) is 0 Å². The number of hydrogen-bond acceptors (Lipinski definition) is 2. The Morgan fingerprint density at radius 3 is 2.38 bits per heavy atom. The number of carboxylic acids is 1. The van der Waals surface area contributed by atoms with Gasteiger partial charge in [0.15, 0.2) is 5.78 Å². The van der Waals surface area contributed by atoms with Gasteiger partial charge in [-0.2, -0.15) is 0 Å². The molecule has 3 nitrogen and oxygen atoms in total. The van der Waals surface area contributed by atoms with Crippen molar-refractivity contribution in [2.75, 3.05) is 0 Å². The first kappa shape index (κ1) is 12.7. The normalized spacial score (nSPS) is 14.2. The predicted molar refractivity (Wildman–Crippen MR) is 61.7 cm³/mol. The second-order valence-electron chi connectivity index (χ2n) is 3.79. The van der Waals surface area contributed by atoms with Gasteiger partial charge in [0.05, 0.1) is 5.92 Å². The molecule has 0 aliphatic heterocycles. The van der Waals surface area contributed by atoms with Crippen molar-refractivity contribution in [2.24, 2.45) is 11.8 Å². The van der Waals surface area contributed by atoms with Gasteiger partial charge in [0.25, 0.3) is 0 Å². The molecule has 0 amide bonds. The average Bonchev–Trinajstić information content (AvgIpc) is 2.26. The predicted octanol–water partition coefficient (Wildman–Crippen LogP) is 2.88. The fourth-order valence-corrected chi connectivity index (χ4v) is 1.54. The molecule has 1 N–H and O–H groups in total. The highest BCUT2D eigenvalue weighted by molar-refractivity contribution is 6.31. The van der Waals surface area contributed by atoms with E-state index in [4.69, 9.17) is 16.7 Å². The molecule has 0 radical (unpaired) electrons. The molecule has 2 unspecified atom stereocenters. The summed E-state index contributed by atoms with van der Waals surface area (Å²) in [5, 5.41) is 9.30. The van der Waals surface area contributed by atoms with Crippen LogP contribution in [0.25, 0.3) is 0 Å². The van der Waals surface area contributed by atoms with Crippen LogP contribution in [0.15, 0.2) is 24.3 Å². The van der Waals surface area contributed by atoms with E-state index in [-0.39, 0.29) is 5.78 Å². The third kappa shape index (κ3) is 2.83. The molecule has 0 aliphatic rings. The lowest BCUT2D eigenvalue weighted by Gasteiger charge is -2.14. The SMILES string of the molecule is CC(C(=O)O)C(C)C(=O)c1cccc(Cl)c1. The van der Waals surface area contributed by atoms with Gasteiger partial charge in [0, 0.05) is 16.5 Å². The van der Waals surface area contributed by atoms with E-state index in [2.05, 4.69) is 0 Å². The van der Waals surface area contributed by atoms with Crippen LogP contribution in [0, 0.1) is 11.8 Å². The minimum absolute atomic E-state index is 0.197. The van der Waals surface area contributed by atoms with Crippen LogP contribution in [0.5, 0.6) is 0 Å². The fourth-order valence-electron chi connectivity index (χ4n) is 1.35. The molecule has 0 saturated heterocycles. The van der Waals surface area contributed by atoms with Crippen LogP contribution in [-0.4, -0.2) is 16.9 Å². The van der Waals surface area contributed by atoms with E-state index in [9.17, 15) is 9.59 Å². The summed E-state index contributed by atoms with van der Waals surface area (Å²) in [6, 6.07) is 6.53. The first-order valence-electron chi connectivity index (χ1n) is 4.96. The van der Waals surface area contributed by atoms with Gasteiger partial charge in [-0.25, -0.2) is 0 Å². The Balaban J connectivity index is 2.90. The molecule has 1 aromatic rings. The zero-order valence-electron chi connectivity index (χ0n) is 9.11. The van der Waals surface area contributed by atoms with Crippen LogP contribution in [0.1, 0.15) is 24.2 Å². The summed E-state index contributed by atoms with van der Waals surface area (Å²) in [4.78, 5) is 22.7. The molecular formula is C12H13ClO3. The van der Waals surface area contributed by atoms with E-state index < -0.39 is 17.8 Å². The van der Waals surface area contributed by atoms with Crippen LogP contribution >= 0.6 is 11.6 Å². The topological polar surface area (TPSA) is 54.4 Å². The van der Waals surface area contributed by atoms with E-state index in [1.165, 1.54) is 6.92 Å². The highest BCUT2D eigenvalue weighted by atomic mass is 35.5. The van der Waals surface area contributed by atoms with Crippen molar-refractivity contribution >= 4 is 23.4 Å². The Morgan fingerprint density at radius 1 is 1.25 bits per heavy atom. The minimum Gasteiger partial charge on any atom is -0.481 e. The van der Waals surface area contributed by atoms with Crippen molar-refractivity contribution in [1.82, 2.24) is 0 Å². The number of carboxylic acid groups (broad SMARTS) is 1. The number of benzene rings is 1. The minimum atomic E-state index is -0.970. The maximum atomic E-state index is 11.9. The zero-order valence-corrected chi connectivity index (χ0v) is 9.86. The highest BCUT2D eigenvalue weighted by Crippen LogP contribution is 2.19. The second kappa shape index (κ2) is 5.12. The molecule has 86 valence electrons. The summed E-state index contributed by atoms with van der Waals surface area (Å²) >= 11 is 5.77. The van der Waals surface area contributed by atoms with E-state index in [0.717, 1.165) is 0 Å². The number of hydrogen-bond donors (Lipinski definition) is 1. The number of ketones is 1. The molecule has 1 aromatic carbocycles. The average molecular weight is 241 g/mol. The standard InChI is InChI=1S/C12H13ClO3/c1-7(8(2)12(15)16)11(14)9-4-3-5-10(13)6-9/h3-8H,1-2H3,(H,15,16). The van der Waals surface area contributed by atoms with E-state index in [1.54, 1.807) is 31.2 Å². The lowest BCUT2D eigenvalue weighted by molar-refractivity contribution is -0.142. The highest BCUT2D eigenvalue weighted by Gasteiger charge is 2.26. The summed E-state index contributed by atoms with van der Waals surface area (Å²) in [7, 11) is 0. The van der Waals surface area contributed by atoms with Crippen molar-refractivity contribution in [3.8, 4) is 0 Å². The second-order valence-corrected chi connectivity index (χ2v) is 4.23. The molecule has 4 heteroatoms. The van der Waals surface area contributed by atoms with E-state index in [1.807, 2.05) is 0 Å². The van der Waals surface area contributed by atoms with E-state index >= 15 is 0 Å². The quantitative estimate of drug-likeness (QED) is 0.824. The Kier molecular flexibility index (Phi) is 4.07. The molecule has 1 rings (SSSR count). The number of carbonyl (C=O) groups excluding carboxylic acids is 1. The van der Waals surface area contributed by atoms with Crippen molar-refractivity contribution < 1.29 is 14.7 Å². The third-order valence-corrected chi connectivity index (χ3v) is 2.90. The van der Waals surface area contributed by atoms with Crippen LogP contribution in [0.2, 0.25) is 5.02 Å². The number of carbonyl (C=O) groups is 2. The summed E-state index contributed by atoms with van der Waals surface area (Å²) in [5.74, 6) is -2.43. The molecule has 0 aromatic heterocycles. The Bertz CT molecular complexity index is 414. The molecule has 0 aliphatic carbocycles. The lowest BCUT2D eigenvalue weighted by atomic mass is 9.88. The van der Waals surface area contributed by atoms with Crippen molar-refractivity contribution in [3.05, 3.63) is 34.9 Å². The summed E-state index contributed by atoms with van der Waals surface area (Å²) < 4.78 is 0. The van der Waals surface area contributed by atoms with Gasteiger partial charge < -0.3 is 5.11 Å². The van der Waals surface area contributed by atoms with Crippen molar-refractivity contribution in [2.45, 2.75) is 13.8 Å². The van der Waals surface area contributed by atoms with Gasteiger partial charge in [-0.1, -0.05) is 37.6 Å². The van der Waals surface area contributed by atoms with Gasteiger partial charge in [0.2, 0.25) is 0 Å². The number of Topliss-reactive ketones (excluding diaryl/α,β-unsaturated/α-hetero) is 1. The van der Waals surface area contributed by atoms with Crippen LogP contribution in [0.3, 0.4) is 0 Å². The Morgan fingerprint density at radius 2 is 1.88 bits per heavy atom. The van der Waals surface area contributed by atoms with Crippen molar-refractivity contribution in [3.63, 3.8) is 0 Å². The smallest absolute Gasteiger partial charge is 0.306 e. The van der Waals surface area contributed by atoms with Gasteiger partial charge in [-0.05, 0) is 12.1 Å². The zero-order chi connectivity index (χ0) is 12.3. The number of rotatable bonds is 4. The maximum absolute atomic E-state index is 11.9. The van der Waals surface area contributed by atoms with E-state index in [0.29, 0.717) is 10.6 Å². The fraction of sp³-hybridized carbons (Fsp3) is 0.333.